The van der Waals surface area contributed by atoms with Gasteiger partial charge in [0.1, 0.15) is 0 Å². The molecule has 1 aliphatic carbocycles. The van der Waals surface area contributed by atoms with E-state index in [-0.39, 0.29) is 0 Å². The van der Waals surface area contributed by atoms with E-state index in [0.717, 1.165) is 38.6 Å². The molecule has 0 amide bonds. The van der Waals surface area contributed by atoms with E-state index >= 15 is 0 Å². The Kier molecular flexibility index (Phi) is 5.02. The molecule has 0 aliphatic heterocycles. The number of rotatable bonds is 8. The first-order valence-corrected chi connectivity index (χ1v) is 6.68. The van der Waals surface area contributed by atoms with Gasteiger partial charge in [0.2, 0.25) is 0 Å². The highest BCUT2D eigenvalue weighted by Crippen LogP contribution is 2.28. The summed E-state index contributed by atoms with van der Waals surface area (Å²) in [7, 11) is 0. The zero-order chi connectivity index (χ0) is 11.9. The standard InChI is InChI=1S/C15H23NO/c1-13-4-2-5-15(10-13)11-16-8-3-9-17-12-14-6-7-14/h2,4-5,10,14,16H,3,6-9,11-12H2,1H3. The monoisotopic (exact) mass is 233 g/mol. The van der Waals surface area contributed by atoms with Gasteiger partial charge >= 0.3 is 0 Å². The number of hydrogen-bond acceptors (Lipinski definition) is 2. The second-order valence-electron chi connectivity index (χ2n) is 5.04. The van der Waals surface area contributed by atoms with Crippen LogP contribution in [0.1, 0.15) is 30.4 Å². The van der Waals surface area contributed by atoms with E-state index in [1.807, 2.05) is 0 Å². The maximum Gasteiger partial charge on any atom is 0.0494 e. The summed E-state index contributed by atoms with van der Waals surface area (Å²) in [6.45, 7) is 6.02. The Balaban J connectivity index is 1.47. The molecule has 1 N–H and O–H groups in total. The van der Waals surface area contributed by atoms with Crippen LogP contribution >= 0.6 is 0 Å². The van der Waals surface area contributed by atoms with Gasteiger partial charge in [-0.15, -0.1) is 0 Å². The van der Waals surface area contributed by atoms with Crippen molar-refractivity contribution in [2.24, 2.45) is 5.92 Å². The first-order valence-electron chi connectivity index (χ1n) is 6.68. The van der Waals surface area contributed by atoms with Crippen LogP contribution in [0.15, 0.2) is 24.3 Å². The number of aryl methyl sites for hydroxylation is 1. The van der Waals surface area contributed by atoms with E-state index in [1.165, 1.54) is 24.0 Å². The molecule has 17 heavy (non-hydrogen) atoms. The Morgan fingerprint density at radius 1 is 1.35 bits per heavy atom. The van der Waals surface area contributed by atoms with Crippen LogP contribution in [-0.2, 0) is 11.3 Å². The topological polar surface area (TPSA) is 21.3 Å². The Morgan fingerprint density at radius 2 is 2.24 bits per heavy atom. The van der Waals surface area contributed by atoms with E-state index in [0.29, 0.717) is 0 Å². The number of nitrogens with one attached hydrogen (secondary N) is 1. The van der Waals surface area contributed by atoms with Crippen molar-refractivity contribution in [2.45, 2.75) is 32.7 Å². The van der Waals surface area contributed by atoms with E-state index < -0.39 is 0 Å². The molecule has 0 heterocycles. The van der Waals surface area contributed by atoms with Gasteiger partial charge in [0.25, 0.3) is 0 Å². The first-order chi connectivity index (χ1) is 8.34. The molecule has 2 heteroatoms. The lowest BCUT2D eigenvalue weighted by Gasteiger charge is -2.06. The molecular formula is C15H23NO. The molecule has 2 rings (SSSR count). The molecule has 0 spiro atoms. The summed E-state index contributed by atoms with van der Waals surface area (Å²) in [5.74, 6) is 0.884. The molecule has 1 saturated carbocycles. The second kappa shape index (κ2) is 6.77. The van der Waals surface area contributed by atoms with E-state index in [1.54, 1.807) is 0 Å². The van der Waals surface area contributed by atoms with Crippen molar-refractivity contribution in [3.8, 4) is 0 Å². The average Bonchev–Trinajstić information content (AvgIpc) is 3.12. The molecule has 1 fully saturated rings. The Bertz CT molecular complexity index is 333. The molecule has 0 saturated heterocycles. The molecule has 1 aromatic carbocycles. The third kappa shape index (κ3) is 5.33. The van der Waals surface area contributed by atoms with E-state index in [2.05, 4.69) is 36.5 Å². The van der Waals surface area contributed by atoms with E-state index in [9.17, 15) is 0 Å². The minimum Gasteiger partial charge on any atom is -0.381 e. The van der Waals surface area contributed by atoms with Crippen molar-refractivity contribution in [2.75, 3.05) is 19.8 Å². The lowest BCUT2D eigenvalue weighted by Crippen LogP contribution is -2.16. The molecule has 0 atom stereocenters. The zero-order valence-corrected chi connectivity index (χ0v) is 10.7. The molecule has 0 unspecified atom stereocenters. The smallest absolute Gasteiger partial charge is 0.0494 e. The Hall–Kier alpha value is -0.860. The molecule has 1 aliphatic rings. The summed E-state index contributed by atoms with van der Waals surface area (Å²) in [6.07, 6.45) is 3.87. The average molecular weight is 233 g/mol. The van der Waals surface area contributed by atoms with Crippen LogP contribution in [0.5, 0.6) is 0 Å². The summed E-state index contributed by atoms with van der Waals surface area (Å²) in [5, 5.41) is 3.45. The van der Waals surface area contributed by atoms with Gasteiger partial charge in [-0.25, -0.2) is 0 Å². The molecule has 94 valence electrons. The molecule has 1 aromatic rings. The van der Waals surface area contributed by atoms with Gasteiger partial charge in [0.05, 0.1) is 0 Å². The van der Waals surface area contributed by atoms with Crippen LogP contribution in [0, 0.1) is 12.8 Å². The highest BCUT2D eigenvalue weighted by atomic mass is 16.5. The lowest BCUT2D eigenvalue weighted by molar-refractivity contribution is 0.122. The molecule has 0 bridgehead atoms. The van der Waals surface area contributed by atoms with E-state index in [4.69, 9.17) is 4.74 Å². The summed E-state index contributed by atoms with van der Waals surface area (Å²) in [4.78, 5) is 0. The van der Waals surface area contributed by atoms with Crippen molar-refractivity contribution in [3.05, 3.63) is 35.4 Å². The summed E-state index contributed by atoms with van der Waals surface area (Å²) >= 11 is 0. The highest BCUT2D eigenvalue weighted by Gasteiger charge is 2.20. The minimum absolute atomic E-state index is 0.884. The third-order valence-corrected chi connectivity index (χ3v) is 3.10. The fourth-order valence-corrected chi connectivity index (χ4v) is 1.89. The van der Waals surface area contributed by atoms with Crippen molar-refractivity contribution in [1.29, 1.82) is 0 Å². The van der Waals surface area contributed by atoms with Gasteiger partial charge in [0, 0.05) is 19.8 Å². The van der Waals surface area contributed by atoms with Gasteiger partial charge in [-0.2, -0.15) is 0 Å². The van der Waals surface area contributed by atoms with Gasteiger partial charge in [-0.1, -0.05) is 29.8 Å². The molecule has 0 aromatic heterocycles. The van der Waals surface area contributed by atoms with Crippen LogP contribution < -0.4 is 5.32 Å². The summed E-state index contributed by atoms with van der Waals surface area (Å²) in [6, 6.07) is 8.65. The van der Waals surface area contributed by atoms with Gasteiger partial charge in [-0.3, -0.25) is 0 Å². The van der Waals surface area contributed by atoms with Gasteiger partial charge < -0.3 is 10.1 Å². The molecule has 2 nitrogen and oxygen atoms in total. The van der Waals surface area contributed by atoms with Crippen LogP contribution in [0.25, 0.3) is 0 Å². The Labute approximate surface area is 104 Å². The fraction of sp³-hybridized carbons (Fsp3) is 0.600. The maximum absolute atomic E-state index is 5.59. The van der Waals surface area contributed by atoms with Crippen LogP contribution in [0.4, 0.5) is 0 Å². The Morgan fingerprint density at radius 3 is 3.00 bits per heavy atom. The molecule has 0 radical (unpaired) electrons. The van der Waals surface area contributed by atoms with Gasteiger partial charge in [-0.05, 0) is 44.2 Å². The van der Waals surface area contributed by atoms with Gasteiger partial charge in [0.15, 0.2) is 0 Å². The normalized spacial score (nSPS) is 15.1. The summed E-state index contributed by atoms with van der Waals surface area (Å²) < 4.78 is 5.59. The third-order valence-electron chi connectivity index (χ3n) is 3.10. The van der Waals surface area contributed by atoms with Crippen molar-refractivity contribution in [1.82, 2.24) is 5.32 Å². The van der Waals surface area contributed by atoms with Crippen molar-refractivity contribution < 1.29 is 4.74 Å². The SMILES string of the molecule is Cc1cccc(CNCCCOCC2CC2)c1. The lowest BCUT2D eigenvalue weighted by atomic mass is 10.1. The molecular weight excluding hydrogens is 210 g/mol. The minimum atomic E-state index is 0.884. The zero-order valence-electron chi connectivity index (χ0n) is 10.7. The number of benzene rings is 1. The summed E-state index contributed by atoms with van der Waals surface area (Å²) in [5.41, 5.74) is 2.70. The number of ether oxygens (including phenoxy) is 1. The predicted molar refractivity (Wildman–Crippen MR) is 71.0 cm³/mol. The quantitative estimate of drug-likeness (QED) is 0.697. The highest BCUT2D eigenvalue weighted by molar-refractivity contribution is 5.21. The largest absolute Gasteiger partial charge is 0.381 e. The predicted octanol–water partition coefficient (Wildman–Crippen LogP) is 2.90. The van der Waals surface area contributed by atoms with Crippen LogP contribution in [0.3, 0.4) is 0 Å². The maximum atomic E-state index is 5.59. The van der Waals surface area contributed by atoms with Crippen LogP contribution in [0.2, 0.25) is 0 Å². The van der Waals surface area contributed by atoms with Crippen LogP contribution in [-0.4, -0.2) is 19.8 Å². The second-order valence-corrected chi connectivity index (χ2v) is 5.04. The first kappa shape index (κ1) is 12.6. The fourth-order valence-electron chi connectivity index (χ4n) is 1.89. The van der Waals surface area contributed by atoms with Crippen molar-refractivity contribution in [3.63, 3.8) is 0 Å². The van der Waals surface area contributed by atoms with Crippen molar-refractivity contribution >= 4 is 0 Å². The number of hydrogen-bond donors (Lipinski definition) is 1.